The van der Waals surface area contributed by atoms with E-state index in [2.05, 4.69) is 5.32 Å². The molecule has 0 radical (unpaired) electrons. The minimum absolute atomic E-state index is 0.0859. The minimum atomic E-state index is -0.247. The summed E-state index contributed by atoms with van der Waals surface area (Å²) in [6.07, 6.45) is 0. The summed E-state index contributed by atoms with van der Waals surface area (Å²) >= 11 is 0. The van der Waals surface area contributed by atoms with Gasteiger partial charge in [0, 0.05) is 24.4 Å². The molecule has 1 aromatic rings. The van der Waals surface area contributed by atoms with Crippen LogP contribution < -0.4 is 20.5 Å². The zero-order chi connectivity index (χ0) is 13.8. The average molecular weight is 266 g/mol. The van der Waals surface area contributed by atoms with E-state index >= 15 is 0 Å². The van der Waals surface area contributed by atoms with E-state index in [9.17, 15) is 4.79 Å². The van der Waals surface area contributed by atoms with Crippen LogP contribution in [-0.2, 0) is 4.74 Å². The van der Waals surface area contributed by atoms with E-state index < -0.39 is 0 Å². The fourth-order valence-electron chi connectivity index (χ4n) is 1.79. The predicted octanol–water partition coefficient (Wildman–Crippen LogP) is 1.15. The van der Waals surface area contributed by atoms with Crippen molar-refractivity contribution in [2.45, 2.75) is 19.9 Å². The van der Waals surface area contributed by atoms with Gasteiger partial charge in [0.2, 0.25) is 6.79 Å². The van der Waals surface area contributed by atoms with Crippen LogP contribution in [0.3, 0.4) is 0 Å². The van der Waals surface area contributed by atoms with Crippen molar-refractivity contribution in [1.82, 2.24) is 5.32 Å². The van der Waals surface area contributed by atoms with Crippen molar-refractivity contribution in [1.29, 1.82) is 0 Å². The first-order valence-corrected chi connectivity index (χ1v) is 6.19. The van der Waals surface area contributed by atoms with E-state index in [1.54, 1.807) is 12.1 Å². The topological polar surface area (TPSA) is 82.8 Å². The monoisotopic (exact) mass is 266 g/mol. The van der Waals surface area contributed by atoms with Crippen LogP contribution in [0.15, 0.2) is 12.1 Å². The van der Waals surface area contributed by atoms with Gasteiger partial charge in [-0.05, 0) is 19.9 Å². The summed E-state index contributed by atoms with van der Waals surface area (Å²) in [5, 5.41) is 2.82. The largest absolute Gasteiger partial charge is 0.454 e. The van der Waals surface area contributed by atoms with Gasteiger partial charge in [-0.15, -0.1) is 0 Å². The molecule has 19 heavy (non-hydrogen) atoms. The molecular weight excluding hydrogens is 248 g/mol. The molecule has 0 saturated heterocycles. The second kappa shape index (κ2) is 5.79. The van der Waals surface area contributed by atoms with Gasteiger partial charge in [-0.3, -0.25) is 4.79 Å². The molecule has 3 N–H and O–H groups in total. The molecule has 6 heteroatoms. The van der Waals surface area contributed by atoms with Gasteiger partial charge in [0.25, 0.3) is 5.91 Å². The second-order valence-electron chi connectivity index (χ2n) is 4.33. The Balaban J connectivity index is 2.07. The van der Waals surface area contributed by atoms with Crippen LogP contribution in [0.2, 0.25) is 0 Å². The summed E-state index contributed by atoms with van der Waals surface area (Å²) in [6.45, 7) is 5.01. The zero-order valence-electron chi connectivity index (χ0n) is 11.1. The lowest BCUT2D eigenvalue weighted by atomic mass is 10.1. The molecule has 0 fully saturated rings. The molecule has 104 valence electrons. The fraction of sp³-hybridized carbons (Fsp3) is 0.462. The first kappa shape index (κ1) is 13.5. The van der Waals surface area contributed by atoms with E-state index in [0.717, 1.165) is 0 Å². The predicted molar refractivity (Wildman–Crippen MR) is 70.4 cm³/mol. The van der Waals surface area contributed by atoms with Gasteiger partial charge in [-0.1, -0.05) is 0 Å². The lowest BCUT2D eigenvalue weighted by Gasteiger charge is -2.14. The fourth-order valence-corrected chi connectivity index (χ4v) is 1.79. The highest BCUT2D eigenvalue weighted by Gasteiger charge is 2.20. The molecule has 0 bridgehead atoms. The van der Waals surface area contributed by atoms with Gasteiger partial charge in [0.05, 0.1) is 12.2 Å². The van der Waals surface area contributed by atoms with Gasteiger partial charge >= 0.3 is 0 Å². The van der Waals surface area contributed by atoms with Crippen LogP contribution in [0.5, 0.6) is 11.5 Å². The van der Waals surface area contributed by atoms with Crippen LogP contribution in [0.1, 0.15) is 24.2 Å². The third-order valence-corrected chi connectivity index (χ3v) is 2.74. The second-order valence-corrected chi connectivity index (χ2v) is 4.33. The molecule has 1 aromatic carbocycles. The number of hydrogen-bond acceptors (Lipinski definition) is 5. The number of hydrogen-bond donors (Lipinski definition) is 2. The molecule has 0 saturated carbocycles. The summed E-state index contributed by atoms with van der Waals surface area (Å²) in [4.78, 5) is 12.1. The Morgan fingerprint density at radius 2 is 2.16 bits per heavy atom. The van der Waals surface area contributed by atoms with Crippen molar-refractivity contribution < 1.29 is 19.0 Å². The van der Waals surface area contributed by atoms with Crippen molar-refractivity contribution in [2.75, 3.05) is 25.7 Å². The van der Waals surface area contributed by atoms with Crippen molar-refractivity contribution in [3.63, 3.8) is 0 Å². The maximum absolute atomic E-state index is 12.1. The van der Waals surface area contributed by atoms with Crippen molar-refractivity contribution in [3.8, 4) is 11.5 Å². The standard InChI is InChI=1S/C13H18N2O4/c1-3-17-6-8(2)15-13(16)9-4-11-12(5-10(9)14)19-7-18-11/h4-5,8H,3,6-7,14H2,1-2H3,(H,15,16). The van der Waals surface area contributed by atoms with Gasteiger partial charge in [-0.2, -0.15) is 0 Å². The molecule has 0 aromatic heterocycles. The van der Waals surface area contributed by atoms with Gasteiger partial charge in [0.15, 0.2) is 11.5 Å². The number of nitrogen functional groups attached to an aromatic ring is 1. The Bertz CT molecular complexity index is 476. The molecule has 1 aliphatic heterocycles. The number of anilines is 1. The number of fused-ring (bicyclic) bond motifs is 1. The number of rotatable bonds is 5. The molecule has 6 nitrogen and oxygen atoms in total. The van der Waals surface area contributed by atoms with Crippen LogP contribution in [0, 0.1) is 0 Å². The number of benzene rings is 1. The van der Waals surface area contributed by atoms with Gasteiger partial charge in [-0.25, -0.2) is 0 Å². The van der Waals surface area contributed by atoms with Crippen LogP contribution in [-0.4, -0.2) is 32.0 Å². The molecule has 2 rings (SSSR count). The quantitative estimate of drug-likeness (QED) is 0.781. The smallest absolute Gasteiger partial charge is 0.253 e. The summed E-state index contributed by atoms with van der Waals surface area (Å²) < 4.78 is 15.7. The maximum atomic E-state index is 12.1. The highest BCUT2D eigenvalue weighted by Crippen LogP contribution is 2.35. The lowest BCUT2D eigenvalue weighted by molar-refractivity contribution is 0.0872. The van der Waals surface area contributed by atoms with E-state index in [1.807, 2.05) is 13.8 Å². The number of amides is 1. The van der Waals surface area contributed by atoms with Crippen molar-refractivity contribution >= 4 is 11.6 Å². The van der Waals surface area contributed by atoms with Crippen LogP contribution in [0.4, 0.5) is 5.69 Å². The Kier molecular flexibility index (Phi) is 4.11. The Hall–Kier alpha value is -1.95. The number of carbonyl (C=O) groups is 1. The van der Waals surface area contributed by atoms with Gasteiger partial charge < -0.3 is 25.3 Å². The normalized spacial score (nSPS) is 14.2. The van der Waals surface area contributed by atoms with E-state index in [1.165, 1.54) is 0 Å². The lowest BCUT2D eigenvalue weighted by Crippen LogP contribution is -2.36. The molecule has 1 amide bonds. The van der Waals surface area contributed by atoms with Gasteiger partial charge in [0.1, 0.15) is 0 Å². The highest BCUT2D eigenvalue weighted by molar-refractivity contribution is 6.00. The Morgan fingerprint density at radius 1 is 1.47 bits per heavy atom. The molecule has 0 aliphatic carbocycles. The number of ether oxygens (including phenoxy) is 3. The molecule has 1 aliphatic rings. The summed E-state index contributed by atoms with van der Waals surface area (Å²) in [5.41, 5.74) is 6.59. The molecule has 1 atom stereocenters. The van der Waals surface area contributed by atoms with Crippen molar-refractivity contribution in [3.05, 3.63) is 17.7 Å². The Labute approximate surface area is 111 Å². The Morgan fingerprint density at radius 3 is 2.84 bits per heavy atom. The van der Waals surface area contributed by atoms with E-state index in [-0.39, 0.29) is 18.7 Å². The van der Waals surface area contributed by atoms with Crippen LogP contribution >= 0.6 is 0 Å². The SMILES string of the molecule is CCOCC(C)NC(=O)c1cc2c(cc1N)OCO2. The third-order valence-electron chi connectivity index (χ3n) is 2.74. The van der Waals surface area contributed by atoms with Crippen LogP contribution in [0.25, 0.3) is 0 Å². The minimum Gasteiger partial charge on any atom is -0.454 e. The summed E-state index contributed by atoms with van der Waals surface area (Å²) in [5.74, 6) is 0.858. The highest BCUT2D eigenvalue weighted by atomic mass is 16.7. The summed E-state index contributed by atoms with van der Waals surface area (Å²) in [7, 11) is 0. The van der Waals surface area contributed by atoms with E-state index in [0.29, 0.717) is 36.0 Å². The van der Waals surface area contributed by atoms with E-state index in [4.69, 9.17) is 19.9 Å². The molecule has 1 unspecified atom stereocenters. The van der Waals surface area contributed by atoms with Crippen molar-refractivity contribution in [2.24, 2.45) is 0 Å². The molecule has 0 spiro atoms. The number of nitrogens with one attached hydrogen (secondary N) is 1. The number of carbonyl (C=O) groups excluding carboxylic acids is 1. The summed E-state index contributed by atoms with van der Waals surface area (Å²) in [6, 6.07) is 3.11. The molecule has 1 heterocycles. The first-order chi connectivity index (χ1) is 9.11. The maximum Gasteiger partial charge on any atom is 0.253 e. The zero-order valence-corrected chi connectivity index (χ0v) is 11.1. The first-order valence-electron chi connectivity index (χ1n) is 6.19. The number of nitrogens with two attached hydrogens (primary N) is 1. The third kappa shape index (κ3) is 3.08. The average Bonchev–Trinajstić information content (AvgIpc) is 2.82. The molecular formula is C13H18N2O4.